The zero-order valence-corrected chi connectivity index (χ0v) is 12.4. The van der Waals surface area contributed by atoms with Gasteiger partial charge in [-0.3, -0.25) is 4.79 Å². The summed E-state index contributed by atoms with van der Waals surface area (Å²) in [5.41, 5.74) is 3.36. The lowest BCUT2D eigenvalue weighted by atomic mass is 9.98. The van der Waals surface area contributed by atoms with Crippen LogP contribution in [-0.2, 0) is 0 Å². The minimum atomic E-state index is -0.0521. The SMILES string of the molecule is O=C1c2ccccc2C2CC(c3cc(Cl)ccc3Cl)=NN12. The van der Waals surface area contributed by atoms with E-state index in [9.17, 15) is 4.79 Å². The number of halogens is 2. The molecule has 4 rings (SSSR count). The van der Waals surface area contributed by atoms with E-state index in [2.05, 4.69) is 5.10 Å². The van der Waals surface area contributed by atoms with Crippen molar-refractivity contribution in [3.05, 3.63) is 69.2 Å². The van der Waals surface area contributed by atoms with Crippen LogP contribution in [0.5, 0.6) is 0 Å². The molecule has 1 atom stereocenters. The molecule has 3 nitrogen and oxygen atoms in total. The highest BCUT2D eigenvalue weighted by atomic mass is 35.5. The summed E-state index contributed by atoms with van der Waals surface area (Å²) in [6, 6.07) is 12.9. The van der Waals surface area contributed by atoms with Crippen molar-refractivity contribution >= 4 is 34.8 Å². The van der Waals surface area contributed by atoms with Crippen LogP contribution in [0.2, 0.25) is 10.0 Å². The maximum absolute atomic E-state index is 12.4. The van der Waals surface area contributed by atoms with E-state index in [1.54, 1.807) is 23.2 Å². The topological polar surface area (TPSA) is 32.7 Å². The molecule has 0 fully saturated rings. The summed E-state index contributed by atoms with van der Waals surface area (Å²) in [6.07, 6.45) is 0.656. The maximum Gasteiger partial charge on any atom is 0.274 e. The molecule has 0 radical (unpaired) electrons. The van der Waals surface area contributed by atoms with Crippen LogP contribution < -0.4 is 0 Å². The molecular weight excluding hydrogens is 307 g/mol. The van der Waals surface area contributed by atoms with E-state index in [1.807, 2.05) is 24.3 Å². The van der Waals surface area contributed by atoms with Crippen LogP contribution in [0.25, 0.3) is 0 Å². The van der Waals surface area contributed by atoms with Crippen LogP contribution in [0.4, 0.5) is 0 Å². The number of carbonyl (C=O) groups excluding carboxylic acids is 1. The van der Waals surface area contributed by atoms with Crippen molar-refractivity contribution in [2.24, 2.45) is 5.10 Å². The van der Waals surface area contributed by atoms with Gasteiger partial charge in [-0.25, -0.2) is 5.01 Å². The Balaban J connectivity index is 1.77. The van der Waals surface area contributed by atoms with Crippen LogP contribution >= 0.6 is 23.2 Å². The lowest BCUT2D eigenvalue weighted by molar-refractivity contribution is 0.0756. The van der Waals surface area contributed by atoms with Crippen molar-refractivity contribution in [2.75, 3.05) is 0 Å². The Morgan fingerprint density at radius 3 is 2.76 bits per heavy atom. The standard InChI is InChI=1S/C16H10Cl2N2O/c17-9-5-6-13(18)12(7-9)14-8-15-10-3-1-2-4-11(10)16(21)20(15)19-14/h1-7,15H,8H2. The van der Waals surface area contributed by atoms with E-state index in [0.717, 1.165) is 22.4 Å². The molecule has 5 heteroatoms. The van der Waals surface area contributed by atoms with E-state index in [4.69, 9.17) is 23.2 Å². The van der Waals surface area contributed by atoms with Crippen molar-refractivity contribution < 1.29 is 4.79 Å². The zero-order chi connectivity index (χ0) is 14.6. The normalized spacial score (nSPS) is 19.5. The number of hydrazone groups is 1. The highest BCUT2D eigenvalue weighted by molar-refractivity contribution is 6.36. The quantitative estimate of drug-likeness (QED) is 0.772. The number of hydrogen-bond acceptors (Lipinski definition) is 2. The minimum Gasteiger partial charge on any atom is -0.267 e. The minimum absolute atomic E-state index is 0.0289. The number of rotatable bonds is 1. The molecule has 0 saturated heterocycles. The molecule has 0 spiro atoms. The van der Waals surface area contributed by atoms with Crippen molar-refractivity contribution in [1.29, 1.82) is 0 Å². The largest absolute Gasteiger partial charge is 0.274 e. The Morgan fingerprint density at radius 1 is 1.10 bits per heavy atom. The molecular formula is C16H10Cl2N2O. The third-order valence-electron chi connectivity index (χ3n) is 3.91. The Labute approximate surface area is 131 Å². The van der Waals surface area contributed by atoms with Gasteiger partial charge < -0.3 is 0 Å². The van der Waals surface area contributed by atoms with Gasteiger partial charge in [-0.05, 0) is 29.8 Å². The van der Waals surface area contributed by atoms with E-state index in [-0.39, 0.29) is 11.9 Å². The van der Waals surface area contributed by atoms with Crippen LogP contribution in [0.1, 0.15) is 33.9 Å². The number of fused-ring (bicyclic) bond motifs is 3. The number of amides is 1. The number of benzene rings is 2. The number of hydrogen-bond donors (Lipinski definition) is 0. The summed E-state index contributed by atoms with van der Waals surface area (Å²) in [5.74, 6) is -0.0521. The Morgan fingerprint density at radius 2 is 1.90 bits per heavy atom. The van der Waals surface area contributed by atoms with Crippen molar-refractivity contribution in [3.8, 4) is 0 Å². The molecule has 0 aliphatic carbocycles. The summed E-state index contributed by atoms with van der Waals surface area (Å²) in [5, 5.41) is 7.23. The van der Waals surface area contributed by atoms with Crippen LogP contribution in [0, 0.1) is 0 Å². The molecule has 104 valence electrons. The Hall–Kier alpha value is -1.84. The van der Waals surface area contributed by atoms with E-state index in [0.29, 0.717) is 16.5 Å². The van der Waals surface area contributed by atoms with Crippen LogP contribution in [-0.4, -0.2) is 16.6 Å². The predicted molar refractivity (Wildman–Crippen MR) is 83.0 cm³/mol. The van der Waals surface area contributed by atoms with E-state index < -0.39 is 0 Å². The molecule has 21 heavy (non-hydrogen) atoms. The molecule has 1 unspecified atom stereocenters. The van der Waals surface area contributed by atoms with Gasteiger partial charge in [-0.15, -0.1) is 0 Å². The van der Waals surface area contributed by atoms with Crippen molar-refractivity contribution in [3.63, 3.8) is 0 Å². The fraction of sp³-hybridized carbons (Fsp3) is 0.125. The molecule has 0 aromatic heterocycles. The first-order chi connectivity index (χ1) is 10.1. The van der Waals surface area contributed by atoms with Gasteiger partial charge in [-0.1, -0.05) is 41.4 Å². The van der Waals surface area contributed by atoms with Gasteiger partial charge in [0.05, 0.1) is 11.8 Å². The van der Waals surface area contributed by atoms with Gasteiger partial charge in [0.1, 0.15) is 0 Å². The van der Waals surface area contributed by atoms with Gasteiger partial charge >= 0.3 is 0 Å². The average Bonchev–Trinajstić information content (AvgIpc) is 3.03. The smallest absolute Gasteiger partial charge is 0.267 e. The lowest BCUT2D eigenvalue weighted by Gasteiger charge is -2.10. The first kappa shape index (κ1) is 12.9. The zero-order valence-electron chi connectivity index (χ0n) is 10.9. The molecule has 2 aromatic rings. The predicted octanol–water partition coefficient (Wildman–Crippen LogP) is 4.30. The molecule has 0 saturated carbocycles. The first-order valence-electron chi connectivity index (χ1n) is 6.60. The molecule has 2 aliphatic rings. The molecule has 1 amide bonds. The average molecular weight is 317 g/mol. The second kappa shape index (κ2) is 4.58. The van der Waals surface area contributed by atoms with Crippen molar-refractivity contribution in [1.82, 2.24) is 5.01 Å². The van der Waals surface area contributed by atoms with Gasteiger partial charge in [0, 0.05) is 27.6 Å². The molecule has 2 aromatic carbocycles. The second-order valence-electron chi connectivity index (χ2n) is 5.13. The summed E-state index contributed by atoms with van der Waals surface area (Å²) < 4.78 is 0. The fourth-order valence-electron chi connectivity index (χ4n) is 2.93. The first-order valence-corrected chi connectivity index (χ1v) is 7.36. The summed E-state index contributed by atoms with van der Waals surface area (Å²) in [4.78, 5) is 12.4. The van der Waals surface area contributed by atoms with Gasteiger partial charge in [0.2, 0.25) is 0 Å². The third-order valence-corrected chi connectivity index (χ3v) is 4.47. The monoisotopic (exact) mass is 316 g/mol. The molecule has 0 N–H and O–H groups in total. The summed E-state index contributed by atoms with van der Waals surface area (Å²) >= 11 is 12.3. The summed E-state index contributed by atoms with van der Waals surface area (Å²) in [6.45, 7) is 0. The van der Waals surface area contributed by atoms with Crippen LogP contribution in [0.15, 0.2) is 47.6 Å². The fourth-order valence-corrected chi connectivity index (χ4v) is 3.33. The number of nitrogens with zero attached hydrogens (tertiary/aromatic N) is 2. The van der Waals surface area contributed by atoms with Crippen molar-refractivity contribution in [2.45, 2.75) is 12.5 Å². The second-order valence-corrected chi connectivity index (χ2v) is 5.97. The van der Waals surface area contributed by atoms with E-state index >= 15 is 0 Å². The van der Waals surface area contributed by atoms with Gasteiger partial charge in [0.15, 0.2) is 0 Å². The number of carbonyl (C=O) groups is 1. The lowest BCUT2D eigenvalue weighted by Crippen LogP contribution is -2.17. The highest BCUT2D eigenvalue weighted by Crippen LogP contribution is 2.41. The summed E-state index contributed by atoms with van der Waals surface area (Å²) in [7, 11) is 0. The van der Waals surface area contributed by atoms with E-state index in [1.165, 1.54) is 0 Å². The van der Waals surface area contributed by atoms with Gasteiger partial charge in [-0.2, -0.15) is 5.10 Å². The maximum atomic E-state index is 12.4. The molecule has 0 bridgehead atoms. The third kappa shape index (κ3) is 1.88. The molecule has 2 aliphatic heterocycles. The van der Waals surface area contributed by atoms with Crippen LogP contribution in [0.3, 0.4) is 0 Å². The van der Waals surface area contributed by atoms with Gasteiger partial charge in [0.25, 0.3) is 5.91 Å². The Kier molecular flexibility index (Phi) is 2.81. The molecule has 2 heterocycles. The Bertz CT molecular complexity index is 801. The highest BCUT2D eigenvalue weighted by Gasteiger charge is 2.41.